The van der Waals surface area contributed by atoms with Crippen molar-refractivity contribution in [2.24, 2.45) is 0 Å². The quantitative estimate of drug-likeness (QED) is 0.450. The van der Waals surface area contributed by atoms with Crippen LogP contribution in [0.2, 0.25) is 0 Å². The van der Waals surface area contributed by atoms with Crippen LogP contribution in [0.5, 0.6) is 0 Å². The van der Waals surface area contributed by atoms with Crippen molar-refractivity contribution in [1.29, 1.82) is 0 Å². The Balaban J connectivity index is 1.89. The fourth-order valence-corrected chi connectivity index (χ4v) is 2.07. The molecule has 1 saturated heterocycles. The summed E-state index contributed by atoms with van der Waals surface area (Å²) in [6, 6.07) is 9.23. The minimum atomic E-state index is -0.714. The van der Waals surface area contributed by atoms with E-state index in [1.165, 1.54) is 7.11 Å². The number of rotatable bonds is 3. The third-order valence-electron chi connectivity index (χ3n) is 2.12. The Morgan fingerprint density at radius 2 is 1.94 bits per heavy atom. The highest BCUT2D eigenvalue weighted by Crippen LogP contribution is 2.31. The molecule has 1 aliphatic heterocycles. The van der Waals surface area contributed by atoms with Gasteiger partial charge in [-0.2, -0.15) is 0 Å². The third-order valence-corrected chi connectivity index (χ3v) is 3.06. The molecule has 0 saturated carbocycles. The van der Waals surface area contributed by atoms with Gasteiger partial charge < -0.3 is 9.47 Å². The summed E-state index contributed by atoms with van der Waals surface area (Å²) >= 11 is 1.07. The molecule has 84 valence electrons. The molecule has 2 atom stereocenters. The van der Waals surface area contributed by atoms with Crippen molar-refractivity contribution >= 4 is 22.8 Å². The van der Waals surface area contributed by atoms with Crippen LogP contribution in [0.4, 0.5) is 0 Å². The van der Waals surface area contributed by atoms with Gasteiger partial charge in [0.2, 0.25) is 5.12 Å². The number of esters is 1. The molecule has 1 heterocycles. The van der Waals surface area contributed by atoms with Gasteiger partial charge in [-0.05, 0) is 23.9 Å². The van der Waals surface area contributed by atoms with Gasteiger partial charge in [0.1, 0.15) is 0 Å². The second-order valence-electron chi connectivity index (χ2n) is 3.23. The van der Waals surface area contributed by atoms with Crippen LogP contribution in [-0.2, 0) is 19.1 Å². The molecular weight excluding hydrogens is 228 g/mol. The highest BCUT2D eigenvalue weighted by Gasteiger charge is 2.51. The first-order valence-corrected chi connectivity index (χ1v) is 5.54. The zero-order valence-electron chi connectivity index (χ0n) is 8.58. The van der Waals surface area contributed by atoms with Gasteiger partial charge in [0.15, 0.2) is 12.2 Å². The predicted octanol–water partition coefficient (Wildman–Crippen LogP) is 1.25. The summed E-state index contributed by atoms with van der Waals surface area (Å²) in [6.07, 6.45) is -1.37. The van der Waals surface area contributed by atoms with Crippen LogP contribution in [0.3, 0.4) is 0 Å². The van der Waals surface area contributed by atoms with E-state index in [1.807, 2.05) is 30.3 Å². The number of thioether (sulfide) groups is 1. The molecule has 1 aliphatic rings. The molecule has 0 spiro atoms. The zero-order chi connectivity index (χ0) is 11.5. The molecule has 0 aromatic heterocycles. The van der Waals surface area contributed by atoms with E-state index in [2.05, 4.69) is 4.74 Å². The van der Waals surface area contributed by atoms with Gasteiger partial charge in [0.05, 0.1) is 7.11 Å². The molecule has 0 amide bonds. The lowest BCUT2D eigenvalue weighted by atomic mass is 10.3. The highest BCUT2D eigenvalue weighted by atomic mass is 32.2. The lowest BCUT2D eigenvalue weighted by molar-refractivity contribution is -0.142. The van der Waals surface area contributed by atoms with E-state index < -0.39 is 18.2 Å². The Morgan fingerprint density at radius 3 is 2.56 bits per heavy atom. The van der Waals surface area contributed by atoms with Gasteiger partial charge in [-0.1, -0.05) is 18.2 Å². The lowest BCUT2D eigenvalue weighted by Gasteiger charge is -1.96. The molecule has 1 fully saturated rings. The molecule has 1 aromatic carbocycles. The summed E-state index contributed by atoms with van der Waals surface area (Å²) < 4.78 is 9.44. The van der Waals surface area contributed by atoms with Crippen LogP contribution in [-0.4, -0.2) is 30.4 Å². The Hall–Kier alpha value is -1.33. The number of benzene rings is 1. The molecule has 1 aromatic rings. The van der Waals surface area contributed by atoms with E-state index in [1.54, 1.807) is 0 Å². The van der Waals surface area contributed by atoms with Crippen molar-refractivity contribution < 1.29 is 19.1 Å². The van der Waals surface area contributed by atoms with E-state index in [4.69, 9.17) is 4.74 Å². The van der Waals surface area contributed by atoms with E-state index in [0.717, 1.165) is 16.7 Å². The fraction of sp³-hybridized carbons (Fsp3) is 0.273. The van der Waals surface area contributed by atoms with E-state index in [9.17, 15) is 9.59 Å². The highest BCUT2D eigenvalue weighted by molar-refractivity contribution is 8.13. The average Bonchev–Trinajstić information content (AvgIpc) is 3.09. The predicted molar refractivity (Wildman–Crippen MR) is 58.0 cm³/mol. The first-order valence-electron chi connectivity index (χ1n) is 4.72. The van der Waals surface area contributed by atoms with Gasteiger partial charge in [0, 0.05) is 4.90 Å². The van der Waals surface area contributed by atoms with Crippen molar-refractivity contribution in [1.82, 2.24) is 0 Å². The van der Waals surface area contributed by atoms with Crippen LogP contribution in [0.25, 0.3) is 0 Å². The molecule has 5 heteroatoms. The van der Waals surface area contributed by atoms with Crippen LogP contribution in [0.1, 0.15) is 0 Å². The topological polar surface area (TPSA) is 55.9 Å². The molecule has 16 heavy (non-hydrogen) atoms. The van der Waals surface area contributed by atoms with Crippen molar-refractivity contribution in [3.05, 3.63) is 30.3 Å². The fourth-order valence-electron chi connectivity index (χ4n) is 1.25. The Bertz CT molecular complexity index is 404. The molecular formula is C11H10O4S. The number of ether oxygens (including phenoxy) is 2. The SMILES string of the molecule is COC(=O)C1OC1C(=O)Sc1ccccc1. The molecule has 0 bridgehead atoms. The molecule has 0 radical (unpaired) electrons. The Morgan fingerprint density at radius 1 is 1.25 bits per heavy atom. The van der Waals surface area contributed by atoms with Crippen LogP contribution >= 0.6 is 11.8 Å². The number of carbonyl (C=O) groups excluding carboxylic acids is 2. The number of hydrogen-bond donors (Lipinski definition) is 0. The average molecular weight is 238 g/mol. The van der Waals surface area contributed by atoms with E-state index in [0.29, 0.717) is 0 Å². The van der Waals surface area contributed by atoms with E-state index >= 15 is 0 Å². The minimum Gasteiger partial charge on any atom is -0.467 e. The second kappa shape index (κ2) is 4.67. The molecule has 4 nitrogen and oxygen atoms in total. The maximum Gasteiger partial charge on any atom is 0.338 e. The number of methoxy groups -OCH3 is 1. The summed E-state index contributed by atoms with van der Waals surface area (Å²) in [5.41, 5.74) is 0. The maximum atomic E-state index is 11.6. The molecule has 2 unspecified atom stereocenters. The summed E-state index contributed by atoms with van der Waals surface area (Å²) in [7, 11) is 1.27. The maximum absolute atomic E-state index is 11.6. The molecule has 0 N–H and O–H groups in total. The van der Waals surface area contributed by atoms with Crippen molar-refractivity contribution in [2.75, 3.05) is 7.11 Å². The number of hydrogen-bond acceptors (Lipinski definition) is 5. The van der Waals surface area contributed by atoms with Gasteiger partial charge in [-0.15, -0.1) is 0 Å². The standard InChI is InChI=1S/C11H10O4S/c1-14-10(12)8-9(15-8)11(13)16-7-5-3-2-4-6-7/h2-6,8-9H,1H3. The first-order chi connectivity index (χ1) is 7.72. The Labute approximate surface area is 96.9 Å². The van der Waals surface area contributed by atoms with Crippen molar-refractivity contribution in [3.8, 4) is 0 Å². The van der Waals surface area contributed by atoms with Gasteiger partial charge >= 0.3 is 5.97 Å². The van der Waals surface area contributed by atoms with Gasteiger partial charge in [-0.25, -0.2) is 4.79 Å². The second-order valence-corrected chi connectivity index (χ2v) is 4.31. The lowest BCUT2D eigenvalue weighted by Crippen LogP contribution is -2.15. The normalized spacial score (nSPS) is 22.6. The zero-order valence-corrected chi connectivity index (χ0v) is 9.40. The smallest absolute Gasteiger partial charge is 0.338 e. The van der Waals surface area contributed by atoms with Gasteiger partial charge in [0.25, 0.3) is 0 Å². The van der Waals surface area contributed by atoms with Gasteiger partial charge in [-0.3, -0.25) is 4.79 Å². The molecule has 2 rings (SSSR count). The van der Waals surface area contributed by atoms with Crippen LogP contribution in [0.15, 0.2) is 35.2 Å². The summed E-state index contributed by atoms with van der Waals surface area (Å²) in [4.78, 5) is 23.5. The van der Waals surface area contributed by atoms with Crippen molar-refractivity contribution in [2.45, 2.75) is 17.1 Å². The first kappa shape index (κ1) is 11.2. The molecule has 0 aliphatic carbocycles. The van der Waals surface area contributed by atoms with Crippen LogP contribution in [0, 0.1) is 0 Å². The summed E-state index contributed by atoms with van der Waals surface area (Å²) in [5, 5.41) is -0.165. The summed E-state index contributed by atoms with van der Waals surface area (Å²) in [6.45, 7) is 0. The van der Waals surface area contributed by atoms with Crippen LogP contribution < -0.4 is 0 Å². The number of epoxide rings is 1. The summed E-state index contributed by atoms with van der Waals surface area (Å²) in [5.74, 6) is -0.494. The largest absolute Gasteiger partial charge is 0.467 e. The van der Waals surface area contributed by atoms with Crippen molar-refractivity contribution in [3.63, 3.8) is 0 Å². The van der Waals surface area contributed by atoms with E-state index in [-0.39, 0.29) is 5.12 Å². The third kappa shape index (κ3) is 2.43. The monoisotopic (exact) mass is 238 g/mol. The Kier molecular flexibility index (Phi) is 3.26. The minimum absolute atomic E-state index is 0.165. The number of carbonyl (C=O) groups is 2.